The molecule has 0 amide bonds. The number of aliphatic carboxylic acids is 1. The molecule has 2 aromatic carbocycles. The Balaban J connectivity index is 1.41. The third kappa shape index (κ3) is 4.38. The Morgan fingerprint density at radius 3 is 2.76 bits per heavy atom. The summed E-state index contributed by atoms with van der Waals surface area (Å²) in [6.07, 6.45) is 4.88. The Kier molecular flexibility index (Phi) is 5.66. The average molecular weight is 444 g/mol. The first kappa shape index (κ1) is 21.0. The maximum Gasteiger partial charge on any atom is 0.329 e. The Morgan fingerprint density at radius 1 is 1.15 bits per heavy atom. The van der Waals surface area contributed by atoms with Gasteiger partial charge in [-0.2, -0.15) is 0 Å². The van der Waals surface area contributed by atoms with E-state index in [-0.39, 0.29) is 18.6 Å². The lowest BCUT2D eigenvalue weighted by molar-refractivity contribution is -0.146. The highest BCUT2D eigenvalue weighted by molar-refractivity contribution is 5.85. The van der Waals surface area contributed by atoms with Crippen molar-refractivity contribution in [2.45, 2.75) is 31.5 Å². The number of hydrogen-bond donors (Lipinski definition) is 2. The molecule has 0 aliphatic heterocycles. The molecule has 2 aromatic heterocycles. The van der Waals surface area contributed by atoms with Gasteiger partial charge < -0.3 is 20.3 Å². The summed E-state index contributed by atoms with van der Waals surface area (Å²) in [6, 6.07) is 17.8. The zero-order valence-electron chi connectivity index (χ0n) is 17.9. The molecule has 1 aliphatic rings. The van der Waals surface area contributed by atoms with Gasteiger partial charge >= 0.3 is 5.97 Å². The summed E-state index contributed by atoms with van der Waals surface area (Å²) in [4.78, 5) is 20.0. The van der Waals surface area contributed by atoms with E-state index in [0.29, 0.717) is 25.3 Å². The molecular weight excluding hydrogens is 420 g/mol. The van der Waals surface area contributed by atoms with Crippen LogP contribution >= 0.6 is 0 Å². The maximum atomic E-state index is 10.7. The van der Waals surface area contributed by atoms with Crippen molar-refractivity contribution in [3.8, 4) is 17.0 Å². The van der Waals surface area contributed by atoms with E-state index >= 15 is 0 Å². The van der Waals surface area contributed by atoms with Crippen LogP contribution in [0.3, 0.4) is 0 Å². The Hall–Kier alpha value is -3.91. The van der Waals surface area contributed by atoms with Gasteiger partial charge in [0.05, 0.1) is 6.10 Å². The maximum absolute atomic E-state index is 10.7. The minimum Gasteiger partial charge on any atom is -0.489 e. The van der Waals surface area contributed by atoms with Gasteiger partial charge in [-0.1, -0.05) is 42.5 Å². The van der Waals surface area contributed by atoms with Crippen molar-refractivity contribution in [3.05, 3.63) is 78.4 Å². The number of fused-ring (bicyclic) bond motifs is 1. The third-order valence-electron chi connectivity index (χ3n) is 5.87. The van der Waals surface area contributed by atoms with E-state index in [2.05, 4.69) is 4.98 Å². The molecule has 168 valence electrons. The molecule has 1 fully saturated rings. The fraction of sp³-hybridized carbons (Fsp3) is 0.240. The van der Waals surface area contributed by atoms with Crippen molar-refractivity contribution < 1.29 is 19.4 Å². The van der Waals surface area contributed by atoms with E-state index in [1.54, 1.807) is 6.20 Å². The van der Waals surface area contributed by atoms with E-state index in [0.717, 1.165) is 33.9 Å². The van der Waals surface area contributed by atoms with Crippen molar-refractivity contribution in [1.82, 2.24) is 14.4 Å². The molecule has 33 heavy (non-hydrogen) atoms. The second kappa shape index (κ2) is 8.91. The highest BCUT2D eigenvalue weighted by Gasteiger charge is 2.35. The summed E-state index contributed by atoms with van der Waals surface area (Å²) >= 11 is 0. The summed E-state index contributed by atoms with van der Waals surface area (Å²) in [5.74, 6) is 1.22. The fourth-order valence-electron chi connectivity index (χ4n) is 4.15. The molecular formula is C25H24N4O4. The Morgan fingerprint density at radius 2 is 1.97 bits per heavy atom. The van der Waals surface area contributed by atoms with E-state index in [1.165, 1.54) is 0 Å². The van der Waals surface area contributed by atoms with Crippen LogP contribution in [-0.2, 0) is 16.1 Å². The Labute approximate surface area is 190 Å². The predicted molar refractivity (Wildman–Crippen MR) is 123 cm³/mol. The number of nitrogen functional groups attached to an aromatic ring is 1. The fourth-order valence-corrected chi connectivity index (χ4v) is 4.15. The van der Waals surface area contributed by atoms with Crippen molar-refractivity contribution in [1.29, 1.82) is 0 Å². The highest BCUT2D eigenvalue weighted by Crippen LogP contribution is 2.41. The number of carboxylic acids is 1. The van der Waals surface area contributed by atoms with Gasteiger partial charge in [-0.25, -0.2) is 14.8 Å². The molecule has 1 saturated carbocycles. The quantitative estimate of drug-likeness (QED) is 0.424. The van der Waals surface area contributed by atoms with Gasteiger partial charge in [-0.15, -0.1) is 0 Å². The topological polar surface area (TPSA) is 112 Å². The lowest BCUT2D eigenvalue weighted by atomic mass is 9.81. The SMILES string of the molecule is Nc1nccn2c(C3CC(OCC(=O)O)C3)nc(-c3cccc(OCc4ccccc4)c3)c12. The van der Waals surface area contributed by atoms with E-state index < -0.39 is 5.97 Å². The zero-order valence-corrected chi connectivity index (χ0v) is 17.9. The van der Waals surface area contributed by atoms with E-state index in [4.69, 9.17) is 25.3 Å². The molecule has 4 aromatic rings. The van der Waals surface area contributed by atoms with Crippen LogP contribution in [0, 0.1) is 0 Å². The number of hydrogen-bond acceptors (Lipinski definition) is 6. The van der Waals surface area contributed by atoms with Crippen molar-refractivity contribution in [2.24, 2.45) is 0 Å². The summed E-state index contributed by atoms with van der Waals surface area (Å²) in [5.41, 5.74) is 9.74. The van der Waals surface area contributed by atoms with Crippen LogP contribution < -0.4 is 10.5 Å². The predicted octanol–water partition coefficient (Wildman–Crippen LogP) is 3.90. The molecule has 8 heteroatoms. The lowest BCUT2D eigenvalue weighted by Crippen LogP contribution is -2.32. The Bertz CT molecular complexity index is 1280. The van der Waals surface area contributed by atoms with Crippen LogP contribution in [0.2, 0.25) is 0 Å². The molecule has 8 nitrogen and oxygen atoms in total. The van der Waals surface area contributed by atoms with Crippen molar-refractivity contribution in [3.63, 3.8) is 0 Å². The second-order valence-corrected chi connectivity index (χ2v) is 8.15. The number of carbonyl (C=O) groups is 1. The lowest BCUT2D eigenvalue weighted by Gasteiger charge is -2.33. The molecule has 1 aliphatic carbocycles. The van der Waals surface area contributed by atoms with Crippen molar-refractivity contribution in [2.75, 3.05) is 12.3 Å². The van der Waals surface area contributed by atoms with Crippen LogP contribution in [0.5, 0.6) is 5.75 Å². The van der Waals surface area contributed by atoms with Gasteiger partial charge in [0, 0.05) is 23.9 Å². The summed E-state index contributed by atoms with van der Waals surface area (Å²) < 4.78 is 13.4. The highest BCUT2D eigenvalue weighted by atomic mass is 16.5. The number of rotatable bonds is 8. The number of anilines is 1. The number of carboxylic acid groups (broad SMARTS) is 1. The molecule has 0 spiro atoms. The van der Waals surface area contributed by atoms with Crippen LogP contribution in [0.15, 0.2) is 67.0 Å². The monoisotopic (exact) mass is 444 g/mol. The number of imidazole rings is 1. The molecule has 2 heterocycles. The first-order valence-corrected chi connectivity index (χ1v) is 10.8. The van der Waals surface area contributed by atoms with Crippen LogP contribution in [0.1, 0.15) is 30.1 Å². The first-order valence-electron chi connectivity index (χ1n) is 10.8. The number of ether oxygens (including phenoxy) is 2. The molecule has 3 N–H and O–H groups in total. The number of aromatic nitrogens is 3. The molecule has 5 rings (SSSR count). The van der Waals surface area contributed by atoms with Crippen molar-refractivity contribution >= 4 is 17.3 Å². The molecule has 0 atom stereocenters. The smallest absolute Gasteiger partial charge is 0.329 e. The van der Waals surface area contributed by atoms with Gasteiger partial charge in [0.1, 0.15) is 41.8 Å². The summed E-state index contributed by atoms with van der Waals surface area (Å²) in [7, 11) is 0. The third-order valence-corrected chi connectivity index (χ3v) is 5.87. The standard InChI is InChI=1S/C25H24N4O4/c26-24-23-22(17-7-4-8-19(11-17)32-14-16-5-2-1-3-6-16)28-25(29(23)10-9-27-24)18-12-20(13-18)33-15-21(30)31/h1-11,18,20H,12-15H2,(H2,26,27)(H,30,31). The van der Waals surface area contributed by atoms with Gasteiger partial charge in [0.2, 0.25) is 0 Å². The normalized spacial score (nSPS) is 17.6. The number of benzene rings is 2. The van der Waals surface area contributed by atoms with E-state index in [9.17, 15) is 4.79 Å². The molecule has 0 bridgehead atoms. The minimum absolute atomic E-state index is 0.0733. The second-order valence-electron chi connectivity index (χ2n) is 8.15. The van der Waals surface area contributed by atoms with Crippen LogP contribution in [-0.4, -0.2) is 38.2 Å². The van der Waals surface area contributed by atoms with Gasteiger partial charge in [0.25, 0.3) is 0 Å². The average Bonchev–Trinajstić information content (AvgIpc) is 3.18. The number of nitrogens with two attached hydrogens (primary N) is 1. The summed E-state index contributed by atoms with van der Waals surface area (Å²) in [5, 5.41) is 8.82. The number of nitrogens with zero attached hydrogens (tertiary/aromatic N) is 3. The van der Waals surface area contributed by atoms with Gasteiger partial charge in [-0.05, 0) is 30.5 Å². The minimum atomic E-state index is -0.958. The zero-order chi connectivity index (χ0) is 22.8. The van der Waals surface area contributed by atoms with Crippen LogP contribution in [0.4, 0.5) is 5.82 Å². The molecule has 0 radical (unpaired) electrons. The van der Waals surface area contributed by atoms with E-state index in [1.807, 2.05) is 65.2 Å². The first-order chi connectivity index (χ1) is 16.1. The summed E-state index contributed by atoms with van der Waals surface area (Å²) in [6.45, 7) is 0.195. The van der Waals surface area contributed by atoms with Crippen LogP contribution in [0.25, 0.3) is 16.8 Å². The van der Waals surface area contributed by atoms with Gasteiger partial charge in [0.15, 0.2) is 0 Å². The molecule has 0 unspecified atom stereocenters. The van der Waals surface area contributed by atoms with Gasteiger partial charge in [-0.3, -0.25) is 4.40 Å². The molecule has 0 saturated heterocycles. The largest absolute Gasteiger partial charge is 0.489 e.